The number of fused-ring (bicyclic) bond motifs is 1. The van der Waals surface area contributed by atoms with Gasteiger partial charge < -0.3 is 9.84 Å². The van der Waals surface area contributed by atoms with Crippen molar-refractivity contribution in [1.82, 2.24) is 9.13 Å². The quantitative estimate of drug-likeness (QED) is 0.527. The topological polar surface area (TPSA) is 108 Å². The number of para-hydroxylation sites is 1. The minimum absolute atomic E-state index is 0.202. The Morgan fingerprint density at radius 1 is 1.23 bits per heavy atom. The minimum atomic E-state index is -1.81. The zero-order valence-electron chi connectivity index (χ0n) is 16.7. The van der Waals surface area contributed by atoms with Gasteiger partial charge in [0.25, 0.3) is 5.56 Å². The number of aryl methyl sites for hydroxylation is 1. The molecular weight excluding hydrogens is 476 g/mol. The standard InChI is InChI=1S/C20H19BrN2O6S/c1-10-14-16(25)23(20(2,3)18(26)27)19(28)22(17(14)30-15(10)21)9-12(24)11-7-5-6-8-13(11)29-4/h5-8H,9H2,1-4H3,(H,26,27). The number of aromatic nitrogens is 2. The summed E-state index contributed by atoms with van der Waals surface area (Å²) in [5, 5.41) is 9.81. The third-order valence-corrected chi connectivity index (χ3v) is 7.13. The number of thiophene rings is 1. The highest BCUT2D eigenvalue weighted by Gasteiger charge is 2.35. The van der Waals surface area contributed by atoms with Gasteiger partial charge in [0.05, 0.1) is 28.4 Å². The van der Waals surface area contributed by atoms with Crippen LogP contribution < -0.4 is 16.0 Å². The number of carbonyl (C=O) groups is 2. The van der Waals surface area contributed by atoms with Crippen molar-refractivity contribution in [2.24, 2.45) is 0 Å². The Hall–Kier alpha value is -2.72. The lowest BCUT2D eigenvalue weighted by atomic mass is 10.1. The van der Waals surface area contributed by atoms with E-state index in [1.54, 1.807) is 31.2 Å². The smallest absolute Gasteiger partial charge is 0.333 e. The van der Waals surface area contributed by atoms with Gasteiger partial charge in [0.2, 0.25) is 0 Å². The third kappa shape index (κ3) is 3.39. The summed E-state index contributed by atoms with van der Waals surface area (Å²) in [4.78, 5) is 51.5. The first-order valence-electron chi connectivity index (χ1n) is 8.86. The molecule has 3 rings (SSSR count). The average Bonchev–Trinajstić information content (AvgIpc) is 2.99. The molecule has 8 nitrogen and oxygen atoms in total. The van der Waals surface area contributed by atoms with Crippen molar-refractivity contribution in [2.75, 3.05) is 7.11 Å². The SMILES string of the molecule is COc1ccccc1C(=O)Cn1c(=O)n(C(C)(C)C(=O)O)c(=O)c2c(C)c(Br)sc21. The summed E-state index contributed by atoms with van der Waals surface area (Å²) >= 11 is 4.52. The van der Waals surface area contributed by atoms with Crippen LogP contribution in [0.2, 0.25) is 0 Å². The van der Waals surface area contributed by atoms with Gasteiger partial charge in [0.15, 0.2) is 5.78 Å². The van der Waals surface area contributed by atoms with E-state index in [-0.39, 0.29) is 17.5 Å². The lowest BCUT2D eigenvalue weighted by Gasteiger charge is -2.23. The van der Waals surface area contributed by atoms with E-state index in [2.05, 4.69) is 15.9 Å². The number of carboxylic acid groups (broad SMARTS) is 1. The molecule has 0 spiro atoms. The number of rotatable bonds is 6. The molecule has 30 heavy (non-hydrogen) atoms. The van der Waals surface area contributed by atoms with Crippen molar-refractivity contribution in [3.63, 3.8) is 0 Å². The first kappa shape index (κ1) is 22.0. The number of Topliss-reactive ketones (excluding diaryl/α,β-unsaturated/α-hetero) is 1. The van der Waals surface area contributed by atoms with Gasteiger partial charge >= 0.3 is 11.7 Å². The van der Waals surface area contributed by atoms with E-state index in [1.165, 1.54) is 21.0 Å². The number of ether oxygens (including phenoxy) is 1. The van der Waals surface area contributed by atoms with Gasteiger partial charge in [-0.3, -0.25) is 14.2 Å². The number of hydrogen-bond donors (Lipinski definition) is 1. The second kappa shape index (κ2) is 7.84. The van der Waals surface area contributed by atoms with Gasteiger partial charge in [-0.2, -0.15) is 0 Å². The van der Waals surface area contributed by atoms with Gasteiger partial charge in [-0.25, -0.2) is 14.2 Å². The van der Waals surface area contributed by atoms with Crippen molar-refractivity contribution < 1.29 is 19.4 Å². The van der Waals surface area contributed by atoms with Gasteiger partial charge in [-0.15, -0.1) is 11.3 Å². The first-order chi connectivity index (χ1) is 14.0. The van der Waals surface area contributed by atoms with Gasteiger partial charge in [-0.05, 0) is 54.4 Å². The fourth-order valence-corrected chi connectivity index (χ4v) is 4.83. The highest BCUT2D eigenvalue weighted by molar-refractivity contribution is 9.11. The van der Waals surface area contributed by atoms with Crippen LogP contribution in [0.4, 0.5) is 0 Å². The predicted octanol–water partition coefficient (Wildman–Crippen LogP) is 3.01. The van der Waals surface area contributed by atoms with E-state index in [4.69, 9.17) is 4.74 Å². The maximum atomic E-state index is 13.3. The highest BCUT2D eigenvalue weighted by Crippen LogP contribution is 2.33. The van der Waals surface area contributed by atoms with Crippen molar-refractivity contribution in [1.29, 1.82) is 0 Å². The van der Waals surface area contributed by atoms with E-state index in [0.717, 1.165) is 15.9 Å². The van der Waals surface area contributed by atoms with Crippen molar-refractivity contribution in [3.05, 3.63) is 60.0 Å². The molecule has 2 heterocycles. The Bertz CT molecular complexity index is 1300. The summed E-state index contributed by atoms with van der Waals surface area (Å²) in [6, 6.07) is 6.60. The summed E-state index contributed by atoms with van der Waals surface area (Å²) in [6.07, 6.45) is 0. The number of benzene rings is 1. The highest BCUT2D eigenvalue weighted by atomic mass is 79.9. The fraction of sp³-hybridized carbons (Fsp3) is 0.300. The molecule has 0 aliphatic heterocycles. The van der Waals surface area contributed by atoms with Crippen LogP contribution in [0.15, 0.2) is 37.6 Å². The summed E-state index contributed by atoms with van der Waals surface area (Å²) in [5.41, 5.74) is -2.52. The number of carbonyl (C=O) groups excluding carboxylic acids is 1. The second-order valence-electron chi connectivity index (χ2n) is 7.18. The summed E-state index contributed by atoms with van der Waals surface area (Å²) in [7, 11) is 1.44. The molecule has 0 aliphatic carbocycles. The second-order valence-corrected chi connectivity index (χ2v) is 9.49. The Morgan fingerprint density at radius 2 is 1.87 bits per heavy atom. The number of nitrogens with zero attached hydrogens (tertiary/aromatic N) is 2. The van der Waals surface area contributed by atoms with Crippen LogP contribution >= 0.6 is 27.3 Å². The number of aliphatic carboxylic acids is 1. The average molecular weight is 495 g/mol. The summed E-state index contributed by atoms with van der Waals surface area (Å²) in [6.45, 7) is 3.86. The lowest BCUT2D eigenvalue weighted by Crippen LogP contribution is -2.52. The number of hydrogen-bond acceptors (Lipinski definition) is 6. The van der Waals surface area contributed by atoms with Crippen LogP contribution in [0.5, 0.6) is 5.75 Å². The maximum Gasteiger partial charge on any atom is 0.333 e. The molecule has 0 radical (unpaired) electrons. The number of carboxylic acids is 1. The molecule has 0 amide bonds. The van der Waals surface area contributed by atoms with Gasteiger partial charge in [0.1, 0.15) is 16.1 Å². The molecule has 0 bridgehead atoms. The van der Waals surface area contributed by atoms with Crippen molar-refractivity contribution >= 4 is 49.2 Å². The molecule has 0 unspecified atom stereocenters. The monoisotopic (exact) mass is 494 g/mol. The Kier molecular flexibility index (Phi) is 5.74. The van der Waals surface area contributed by atoms with Crippen molar-refractivity contribution in [3.8, 4) is 5.75 Å². The number of ketones is 1. The van der Waals surface area contributed by atoms with Crippen LogP contribution in [-0.2, 0) is 16.9 Å². The van der Waals surface area contributed by atoms with E-state index >= 15 is 0 Å². The zero-order chi connectivity index (χ0) is 22.4. The van der Waals surface area contributed by atoms with Crippen LogP contribution in [0.25, 0.3) is 10.2 Å². The Balaban J connectivity index is 2.33. The van der Waals surface area contributed by atoms with E-state index in [0.29, 0.717) is 24.5 Å². The molecule has 0 aliphatic rings. The molecule has 158 valence electrons. The number of halogens is 1. The lowest BCUT2D eigenvalue weighted by molar-refractivity contribution is -0.146. The largest absolute Gasteiger partial charge is 0.496 e. The fourth-order valence-electron chi connectivity index (χ4n) is 3.15. The molecule has 10 heteroatoms. The van der Waals surface area contributed by atoms with E-state index in [1.807, 2.05) is 0 Å². The maximum absolute atomic E-state index is 13.3. The van der Waals surface area contributed by atoms with Crippen LogP contribution in [0, 0.1) is 6.92 Å². The molecule has 0 saturated carbocycles. The van der Waals surface area contributed by atoms with Crippen LogP contribution in [0.3, 0.4) is 0 Å². The zero-order valence-corrected chi connectivity index (χ0v) is 19.1. The van der Waals surface area contributed by atoms with Crippen LogP contribution in [-0.4, -0.2) is 33.1 Å². The summed E-state index contributed by atoms with van der Waals surface area (Å²) < 4.78 is 7.70. The van der Waals surface area contributed by atoms with Crippen LogP contribution in [0.1, 0.15) is 29.8 Å². The molecule has 2 aromatic heterocycles. The third-order valence-electron chi connectivity index (χ3n) is 4.95. The van der Waals surface area contributed by atoms with Crippen molar-refractivity contribution in [2.45, 2.75) is 32.9 Å². The first-order valence-corrected chi connectivity index (χ1v) is 10.5. The normalized spacial score (nSPS) is 11.6. The van der Waals surface area contributed by atoms with E-state index in [9.17, 15) is 24.3 Å². The molecule has 0 fully saturated rings. The number of methoxy groups -OCH3 is 1. The summed E-state index contributed by atoms with van der Waals surface area (Å²) in [5.74, 6) is -1.39. The minimum Gasteiger partial charge on any atom is -0.496 e. The van der Waals surface area contributed by atoms with Gasteiger partial charge in [-0.1, -0.05) is 12.1 Å². The molecular formula is C20H19BrN2O6S. The predicted molar refractivity (Wildman–Crippen MR) is 117 cm³/mol. The molecule has 1 aromatic carbocycles. The molecule has 0 atom stereocenters. The van der Waals surface area contributed by atoms with Gasteiger partial charge in [0, 0.05) is 0 Å². The Morgan fingerprint density at radius 3 is 2.47 bits per heavy atom. The molecule has 1 N–H and O–H groups in total. The Labute approximate surface area is 183 Å². The molecule has 3 aromatic rings. The van der Waals surface area contributed by atoms with E-state index < -0.39 is 28.5 Å². The molecule has 0 saturated heterocycles.